The maximum Gasteiger partial charge on any atom is 0.326 e. The Labute approximate surface area is 156 Å². The molecule has 5 nitrogen and oxygen atoms in total. The summed E-state index contributed by atoms with van der Waals surface area (Å²) in [5.74, 6) is -0.640. The van der Waals surface area contributed by atoms with Gasteiger partial charge in [0.25, 0.3) is 0 Å². The molecule has 1 amide bonds. The molecule has 1 fully saturated rings. The first kappa shape index (κ1) is 17.5. The van der Waals surface area contributed by atoms with Crippen LogP contribution in [0.5, 0.6) is 0 Å². The van der Waals surface area contributed by atoms with E-state index in [9.17, 15) is 14.0 Å². The summed E-state index contributed by atoms with van der Waals surface area (Å²) in [5.41, 5.74) is 2.34. The highest BCUT2D eigenvalue weighted by atomic mass is 19.1. The first-order valence-electron chi connectivity index (χ1n) is 9.28. The second-order valence-corrected chi connectivity index (χ2v) is 7.17. The maximum atomic E-state index is 13.1. The number of aromatic amines is 1. The minimum atomic E-state index is -0.343. The predicted molar refractivity (Wildman–Crippen MR) is 102 cm³/mol. The highest BCUT2D eigenvalue weighted by molar-refractivity contribution is 5.83. The van der Waals surface area contributed by atoms with E-state index in [0.717, 1.165) is 29.4 Å². The number of nitrogens with zero attached hydrogens (tertiary/aromatic N) is 2. The number of carbonyl (C=O) groups excluding carboxylic acids is 1. The smallest absolute Gasteiger partial charge is 0.326 e. The molecule has 3 aromatic rings. The number of H-pyrrole nitrogens is 1. The molecule has 1 aliphatic rings. The lowest BCUT2D eigenvalue weighted by Gasteiger charge is -2.35. The van der Waals surface area contributed by atoms with Gasteiger partial charge in [-0.1, -0.05) is 24.3 Å². The van der Waals surface area contributed by atoms with Crippen LogP contribution in [-0.2, 0) is 4.79 Å². The van der Waals surface area contributed by atoms with Gasteiger partial charge in [-0.25, -0.2) is 9.18 Å². The Morgan fingerprint density at radius 1 is 1.19 bits per heavy atom. The third-order valence-corrected chi connectivity index (χ3v) is 5.44. The van der Waals surface area contributed by atoms with E-state index < -0.39 is 0 Å². The van der Waals surface area contributed by atoms with E-state index in [1.54, 1.807) is 16.7 Å². The van der Waals surface area contributed by atoms with E-state index in [2.05, 4.69) is 4.98 Å². The summed E-state index contributed by atoms with van der Waals surface area (Å²) in [6, 6.07) is 13.6. The number of hydrogen-bond acceptors (Lipinski definition) is 2. The number of hydrogen-bond donors (Lipinski definition) is 1. The lowest BCUT2D eigenvalue weighted by molar-refractivity contribution is -0.134. The summed E-state index contributed by atoms with van der Waals surface area (Å²) < 4.78 is 14.9. The maximum absolute atomic E-state index is 13.1. The quantitative estimate of drug-likeness (QED) is 0.771. The molecule has 27 heavy (non-hydrogen) atoms. The van der Waals surface area contributed by atoms with E-state index in [-0.39, 0.29) is 29.4 Å². The van der Waals surface area contributed by atoms with E-state index in [1.807, 2.05) is 36.1 Å². The number of imidazole rings is 1. The lowest BCUT2D eigenvalue weighted by Crippen LogP contribution is -2.44. The molecule has 4 rings (SSSR count). The normalized spacial score (nSPS) is 18.6. The molecule has 1 aliphatic heterocycles. The fourth-order valence-corrected chi connectivity index (χ4v) is 3.97. The van der Waals surface area contributed by atoms with Crippen molar-refractivity contribution >= 4 is 16.9 Å². The van der Waals surface area contributed by atoms with Crippen LogP contribution in [-0.4, -0.2) is 33.4 Å². The van der Waals surface area contributed by atoms with Crippen molar-refractivity contribution in [1.29, 1.82) is 0 Å². The zero-order valence-corrected chi connectivity index (χ0v) is 15.2. The summed E-state index contributed by atoms with van der Waals surface area (Å²) in [5, 5.41) is 0. The Morgan fingerprint density at radius 3 is 2.70 bits per heavy atom. The minimum Gasteiger partial charge on any atom is -0.340 e. The van der Waals surface area contributed by atoms with Crippen LogP contribution in [0.2, 0.25) is 0 Å². The van der Waals surface area contributed by atoms with Crippen LogP contribution in [0.25, 0.3) is 11.0 Å². The first-order valence-corrected chi connectivity index (χ1v) is 9.28. The summed E-state index contributed by atoms with van der Waals surface area (Å²) >= 11 is 0. The molecule has 0 unspecified atom stereocenters. The first-order chi connectivity index (χ1) is 13.0. The number of para-hydroxylation sites is 2. The van der Waals surface area contributed by atoms with Crippen molar-refractivity contribution < 1.29 is 9.18 Å². The number of amides is 1. The van der Waals surface area contributed by atoms with Crippen molar-refractivity contribution in [2.75, 3.05) is 13.1 Å². The van der Waals surface area contributed by atoms with Gasteiger partial charge in [0.1, 0.15) is 5.82 Å². The van der Waals surface area contributed by atoms with Crippen LogP contribution in [0.3, 0.4) is 0 Å². The molecule has 2 heterocycles. The van der Waals surface area contributed by atoms with Gasteiger partial charge in [0.15, 0.2) is 0 Å². The monoisotopic (exact) mass is 367 g/mol. The van der Waals surface area contributed by atoms with Crippen LogP contribution in [0.4, 0.5) is 4.39 Å². The van der Waals surface area contributed by atoms with Gasteiger partial charge in [-0.3, -0.25) is 9.36 Å². The van der Waals surface area contributed by atoms with Gasteiger partial charge in [-0.15, -0.1) is 0 Å². The molecule has 1 saturated heterocycles. The Kier molecular flexibility index (Phi) is 4.56. The molecular formula is C21H22FN3O2. The number of benzene rings is 2. The van der Waals surface area contributed by atoms with E-state index >= 15 is 0 Å². The topological polar surface area (TPSA) is 58.1 Å². The fraction of sp³-hybridized carbons (Fsp3) is 0.333. The SMILES string of the molecule is C[C@H](C(=O)N1CCC[C@H](n2c(=O)[nH]c3ccccc32)C1)c1ccc(F)cc1. The van der Waals surface area contributed by atoms with Crippen molar-refractivity contribution in [3.05, 3.63) is 70.4 Å². The number of carbonyl (C=O) groups is 1. The number of nitrogens with one attached hydrogen (secondary N) is 1. The molecule has 0 bridgehead atoms. The van der Waals surface area contributed by atoms with Crippen LogP contribution in [0.15, 0.2) is 53.3 Å². The van der Waals surface area contributed by atoms with Crippen LogP contribution in [0, 0.1) is 5.82 Å². The van der Waals surface area contributed by atoms with Crippen LogP contribution >= 0.6 is 0 Å². The van der Waals surface area contributed by atoms with Gasteiger partial charge in [0.05, 0.1) is 23.0 Å². The van der Waals surface area contributed by atoms with Crippen molar-refractivity contribution in [3.8, 4) is 0 Å². The summed E-state index contributed by atoms with van der Waals surface area (Å²) in [6.07, 6.45) is 1.70. The highest BCUT2D eigenvalue weighted by Gasteiger charge is 2.29. The summed E-state index contributed by atoms with van der Waals surface area (Å²) in [7, 11) is 0. The van der Waals surface area contributed by atoms with Gasteiger partial charge < -0.3 is 9.88 Å². The van der Waals surface area contributed by atoms with E-state index in [0.29, 0.717) is 13.1 Å². The molecule has 0 saturated carbocycles. The second kappa shape index (κ2) is 7.02. The zero-order valence-electron chi connectivity index (χ0n) is 15.2. The van der Waals surface area contributed by atoms with Crippen molar-refractivity contribution in [2.24, 2.45) is 0 Å². The van der Waals surface area contributed by atoms with Gasteiger partial charge in [-0.2, -0.15) is 0 Å². The van der Waals surface area contributed by atoms with Gasteiger partial charge in [0, 0.05) is 13.1 Å². The Bertz CT molecular complexity index is 1020. The third kappa shape index (κ3) is 3.27. The Balaban J connectivity index is 1.57. The molecule has 140 valence electrons. The average Bonchev–Trinajstić information content (AvgIpc) is 3.03. The number of rotatable bonds is 3. The molecule has 1 aromatic heterocycles. The van der Waals surface area contributed by atoms with Gasteiger partial charge in [0.2, 0.25) is 5.91 Å². The van der Waals surface area contributed by atoms with Gasteiger partial charge >= 0.3 is 5.69 Å². The average molecular weight is 367 g/mol. The highest BCUT2D eigenvalue weighted by Crippen LogP contribution is 2.27. The zero-order chi connectivity index (χ0) is 19.0. The van der Waals surface area contributed by atoms with Crippen molar-refractivity contribution in [1.82, 2.24) is 14.5 Å². The van der Waals surface area contributed by atoms with E-state index in [4.69, 9.17) is 0 Å². The largest absolute Gasteiger partial charge is 0.340 e. The van der Waals surface area contributed by atoms with Crippen LogP contribution < -0.4 is 5.69 Å². The minimum absolute atomic E-state index is 0.0131. The third-order valence-electron chi connectivity index (χ3n) is 5.44. The molecule has 6 heteroatoms. The summed E-state index contributed by atoms with van der Waals surface area (Å²) in [4.78, 5) is 30.2. The lowest BCUT2D eigenvalue weighted by atomic mass is 9.97. The van der Waals surface area contributed by atoms with Crippen LogP contribution in [0.1, 0.15) is 37.3 Å². The van der Waals surface area contributed by atoms with Gasteiger partial charge in [-0.05, 0) is 49.6 Å². The standard InChI is InChI=1S/C21H22FN3O2/c1-14(15-8-10-16(22)11-9-15)20(26)24-12-4-5-17(13-24)25-19-7-3-2-6-18(19)23-21(25)27/h2-3,6-11,14,17H,4-5,12-13H2,1H3,(H,23,27)/t14-,17-/m0/s1. The summed E-state index contributed by atoms with van der Waals surface area (Å²) in [6.45, 7) is 3.03. The molecule has 0 spiro atoms. The molecule has 0 radical (unpaired) electrons. The molecule has 2 atom stereocenters. The van der Waals surface area contributed by atoms with Crippen molar-refractivity contribution in [2.45, 2.75) is 31.7 Å². The molecule has 1 N–H and O–H groups in total. The number of fused-ring (bicyclic) bond motifs is 1. The van der Waals surface area contributed by atoms with Crippen molar-refractivity contribution in [3.63, 3.8) is 0 Å². The molecule has 2 aromatic carbocycles. The number of piperidine rings is 1. The Morgan fingerprint density at radius 2 is 1.93 bits per heavy atom. The van der Waals surface area contributed by atoms with E-state index in [1.165, 1.54) is 12.1 Å². The second-order valence-electron chi connectivity index (χ2n) is 7.17. The number of halogens is 1. The number of aromatic nitrogens is 2. The predicted octanol–water partition coefficient (Wildman–Crippen LogP) is 3.44. The molecule has 0 aliphatic carbocycles. The number of likely N-dealkylation sites (tertiary alicyclic amines) is 1. The fourth-order valence-electron chi connectivity index (χ4n) is 3.97. The molecular weight excluding hydrogens is 345 g/mol. The Hall–Kier alpha value is -2.89.